The lowest BCUT2D eigenvalue weighted by atomic mass is 10.1. The van der Waals surface area contributed by atoms with Crippen LogP contribution in [0.5, 0.6) is 11.5 Å². The van der Waals surface area contributed by atoms with E-state index < -0.39 is 0 Å². The number of nitrogens with two attached hydrogens (primary N) is 1. The summed E-state index contributed by atoms with van der Waals surface area (Å²) in [6.07, 6.45) is 0. The summed E-state index contributed by atoms with van der Waals surface area (Å²) in [6.45, 7) is 0.163. The van der Waals surface area contributed by atoms with Gasteiger partial charge in [-0.1, -0.05) is 0 Å². The molecule has 0 bridgehead atoms. The molecule has 0 spiro atoms. The first-order valence-electron chi connectivity index (χ1n) is 4.11. The summed E-state index contributed by atoms with van der Waals surface area (Å²) in [5.74, 6) is 1.13. The number of fused-ring (bicyclic) bond motifs is 1. The zero-order valence-electron chi connectivity index (χ0n) is 7.61. The third-order valence-corrected chi connectivity index (χ3v) is 1.99. The first kappa shape index (κ1) is 9.55. The van der Waals surface area contributed by atoms with Crippen molar-refractivity contribution in [3.8, 4) is 17.6 Å². The molecule has 2 rings (SSSR count). The minimum Gasteiger partial charge on any atom is -0.454 e. The highest BCUT2D eigenvalue weighted by molar-refractivity contribution is 7.80. The number of nitriles is 1. The molecule has 0 saturated heterocycles. The molecule has 0 radical (unpaired) electrons. The van der Waals surface area contributed by atoms with Crippen LogP contribution in [-0.2, 0) is 0 Å². The van der Waals surface area contributed by atoms with Gasteiger partial charge in [-0.25, -0.2) is 0 Å². The SMILES string of the molecule is N#Cc1cc2c(cc1NC(N)=S)OCO2. The van der Waals surface area contributed by atoms with Crippen molar-refractivity contribution in [2.45, 2.75) is 0 Å². The predicted molar refractivity (Wildman–Crippen MR) is 57.7 cm³/mol. The van der Waals surface area contributed by atoms with Crippen LogP contribution in [0.4, 0.5) is 5.69 Å². The fourth-order valence-electron chi connectivity index (χ4n) is 1.27. The topological polar surface area (TPSA) is 80.3 Å². The summed E-state index contributed by atoms with van der Waals surface area (Å²) in [7, 11) is 0. The van der Waals surface area contributed by atoms with E-state index in [0.717, 1.165) is 0 Å². The largest absolute Gasteiger partial charge is 0.454 e. The first-order chi connectivity index (χ1) is 7.20. The maximum Gasteiger partial charge on any atom is 0.231 e. The molecular weight excluding hydrogens is 214 g/mol. The van der Waals surface area contributed by atoms with Gasteiger partial charge in [-0.3, -0.25) is 0 Å². The van der Waals surface area contributed by atoms with Gasteiger partial charge in [0.2, 0.25) is 6.79 Å². The van der Waals surface area contributed by atoms with Gasteiger partial charge in [0.05, 0.1) is 11.3 Å². The van der Waals surface area contributed by atoms with Gasteiger partial charge in [0.25, 0.3) is 0 Å². The number of nitrogens with zero attached hydrogens (tertiary/aromatic N) is 1. The highest BCUT2D eigenvalue weighted by Gasteiger charge is 2.17. The lowest BCUT2D eigenvalue weighted by Crippen LogP contribution is -2.19. The van der Waals surface area contributed by atoms with Crippen molar-refractivity contribution < 1.29 is 9.47 Å². The Morgan fingerprint density at radius 1 is 1.47 bits per heavy atom. The van der Waals surface area contributed by atoms with E-state index in [9.17, 15) is 0 Å². The van der Waals surface area contributed by atoms with Crippen molar-refractivity contribution in [1.29, 1.82) is 5.26 Å². The van der Waals surface area contributed by atoms with Crippen molar-refractivity contribution in [1.82, 2.24) is 0 Å². The van der Waals surface area contributed by atoms with E-state index in [2.05, 4.69) is 5.32 Å². The van der Waals surface area contributed by atoms with E-state index >= 15 is 0 Å². The van der Waals surface area contributed by atoms with Crippen LogP contribution in [0, 0.1) is 11.3 Å². The maximum atomic E-state index is 8.89. The molecule has 0 unspecified atom stereocenters. The van der Waals surface area contributed by atoms with Gasteiger partial charge >= 0.3 is 0 Å². The number of nitrogens with one attached hydrogen (secondary N) is 1. The molecule has 1 aromatic carbocycles. The van der Waals surface area contributed by atoms with Gasteiger partial charge in [-0.2, -0.15) is 5.26 Å². The zero-order chi connectivity index (χ0) is 10.8. The van der Waals surface area contributed by atoms with Gasteiger partial charge in [0.15, 0.2) is 16.6 Å². The number of ether oxygens (including phenoxy) is 2. The number of thiocarbonyl (C=S) groups is 1. The summed E-state index contributed by atoms with van der Waals surface area (Å²) in [4.78, 5) is 0. The van der Waals surface area contributed by atoms with Gasteiger partial charge in [-0.15, -0.1) is 0 Å². The summed E-state index contributed by atoms with van der Waals surface area (Å²) in [5.41, 5.74) is 6.26. The van der Waals surface area contributed by atoms with E-state index in [1.807, 2.05) is 6.07 Å². The standard InChI is InChI=1S/C9H7N3O2S/c10-3-5-1-7-8(14-4-13-7)2-6(5)12-9(11)15/h1-2H,4H2,(H3,11,12,15). The third kappa shape index (κ3) is 1.78. The third-order valence-electron chi connectivity index (χ3n) is 1.89. The molecule has 6 heteroatoms. The summed E-state index contributed by atoms with van der Waals surface area (Å²) in [6, 6.07) is 5.24. The number of hydrogen-bond donors (Lipinski definition) is 2. The second-order valence-corrected chi connectivity index (χ2v) is 3.29. The molecule has 0 amide bonds. The zero-order valence-corrected chi connectivity index (χ0v) is 8.43. The Kier molecular flexibility index (Phi) is 2.31. The van der Waals surface area contributed by atoms with Crippen molar-refractivity contribution >= 4 is 23.0 Å². The van der Waals surface area contributed by atoms with Crippen LogP contribution in [0.1, 0.15) is 5.56 Å². The van der Waals surface area contributed by atoms with Crippen molar-refractivity contribution in [2.75, 3.05) is 12.1 Å². The van der Waals surface area contributed by atoms with Gasteiger partial charge < -0.3 is 20.5 Å². The normalized spacial score (nSPS) is 11.9. The van der Waals surface area contributed by atoms with Crippen LogP contribution < -0.4 is 20.5 Å². The van der Waals surface area contributed by atoms with E-state index in [4.69, 9.17) is 32.7 Å². The van der Waals surface area contributed by atoms with Crippen LogP contribution in [0.3, 0.4) is 0 Å². The summed E-state index contributed by atoms with van der Waals surface area (Å²) in [5, 5.41) is 11.7. The van der Waals surface area contributed by atoms with Crippen molar-refractivity contribution in [2.24, 2.45) is 5.73 Å². The Labute approximate surface area is 91.4 Å². The van der Waals surface area contributed by atoms with Crippen molar-refractivity contribution in [3.63, 3.8) is 0 Å². The maximum absolute atomic E-state index is 8.89. The second kappa shape index (κ2) is 3.63. The lowest BCUT2D eigenvalue weighted by molar-refractivity contribution is 0.174. The Hall–Kier alpha value is -2.00. The number of rotatable bonds is 1. The minimum atomic E-state index is 0.102. The van der Waals surface area contributed by atoms with Gasteiger partial charge in [-0.05, 0) is 12.2 Å². The van der Waals surface area contributed by atoms with Crippen LogP contribution in [-0.4, -0.2) is 11.9 Å². The molecule has 0 aliphatic carbocycles. The lowest BCUT2D eigenvalue weighted by Gasteiger charge is -2.06. The highest BCUT2D eigenvalue weighted by atomic mass is 32.1. The van der Waals surface area contributed by atoms with E-state index in [1.54, 1.807) is 12.1 Å². The van der Waals surface area contributed by atoms with E-state index in [-0.39, 0.29) is 11.9 Å². The average Bonchev–Trinajstić information content (AvgIpc) is 2.62. The molecule has 0 fully saturated rings. The van der Waals surface area contributed by atoms with Crippen molar-refractivity contribution in [3.05, 3.63) is 17.7 Å². The molecule has 1 aromatic rings. The smallest absolute Gasteiger partial charge is 0.231 e. The quantitative estimate of drug-likeness (QED) is 0.687. The second-order valence-electron chi connectivity index (χ2n) is 2.85. The molecular formula is C9H7N3O2S. The predicted octanol–water partition coefficient (Wildman–Crippen LogP) is 0.942. The molecule has 5 nitrogen and oxygen atoms in total. The fraction of sp³-hybridized carbons (Fsp3) is 0.111. The van der Waals surface area contributed by atoms with Crippen LogP contribution in [0.25, 0.3) is 0 Å². The number of benzene rings is 1. The Bertz CT molecular complexity index is 467. The number of hydrogen-bond acceptors (Lipinski definition) is 4. The molecule has 1 aliphatic rings. The van der Waals surface area contributed by atoms with Gasteiger partial charge in [0.1, 0.15) is 6.07 Å². The van der Waals surface area contributed by atoms with E-state index in [0.29, 0.717) is 22.7 Å². The first-order valence-corrected chi connectivity index (χ1v) is 4.51. The van der Waals surface area contributed by atoms with Gasteiger partial charge in [0, 0.05) is 12.1 Å². The molecule has 0 atom stereocenters. The summed E-state index contributed by atoms with van der Waals surface area (Å²) >= 11 is 4.70. The molecule has 15 heavy (non-hydrogen) atoms. The van der Waals surface area contributed by atoms with Crippen LogP contribution in [0.15, 0.2) is 12.1 Å². The Balaban J connectivity index is 2.45. The molecule has 1 aliphatic heterocycles. The molecule has 1 heterocycles. The molecule has 3 N–H and O–H groups in total. The monoisotopic (exact) mass is 221 g/mol. The summed E-state index contributed by atoms with van der Waals surface area (Å²) < 4.78 is 10.3. The fourth-order valence-corrected chi connectivity index (χ4v) is 1.38. The molecule has 76 valence electrons. The number of anilines is 1. The Morgan fingerprint density at radius 2 is 2.13 bits per heavy atom. The minimum absolute atomic E-state index is 0.102. The van der Waals surface area contributed by atoms with E-state index in [1.165, 1.54) is 0 Å². The van der Waals surface area contributed by atoms with Crippen LogP contribution >= 0.6 is 12.2 Å². The van der Waals surface area contributed by atoms with Crippen LogP contribution in [0.2, 0.25) is 0 Å². The Morgan fingerprint density at radius 3 is 2.73 bits per heavy atom. The molecule has 0 aromatic heterocycles. The highest BCUT2D eigenvalue weighted by Crippen LogP contribution is 2.36. The average molecular weight is 221 g/mol. The molecule has 0 saturated carbocycles.